The Kier molecular flexibility index (Phi) is 11.1. The molecule has 1 fully saturated rings. The standard InChI is InChI=1S/C32H37BrClN3O4S/c1-23-19-27(17-18-28(23)33)37(42(2,40)41)22-31(38)36(21-25-13-9-10-16-29(25)34)30(20-24-11-5-3-6-12-24)32(39)35-26-14-7-4-8-15-26/h3,5-6,9-13,16-19,26,30H,4,7-8,14-15,20-22H2,1-2H3,(H,35,39)/t30-/m1/s1. The SMILES string of the molecule is Cc1cc(N(CC(=O)N(Cc2ccccc2Cl)[C@H](Cc2ccccc2)C(=O)NC2CCCCC2)S(C)(=O)=O)ccc1Br. The van der Waals surface area contributed by atoms with E-state index in [-0.39, 0.29) is 24.9 Å². The molecule has 0 aromatic heterocycles. The third-order valence-electron chi connectivity index (χ3n) is 7.63. The smallest absolute Gasteiger partial charge is 0.244 e. The van der Waals surface area contributed by atoms with Crippen molar-refractivity contribution in [1.82, 2.24) is 10.2 Å². The fraction of sp³-hybridized carbons (Fsp3) is 0.375. The molecule has 1 aliphatic carbocycles. The van der Waals surface area contributed by atoms with Gasteiger partial charge in [-0.1, -0.05) is 95.3 Å². The lowest BCUT2D eigenvalue weighted by molar-refractivity contribution is -0.140. The minimum Gasteiger partial charge on any atom is -0.352 e. The molecule has 224 valence electrons. The van der Waals surface area contributed by atoms with Crippen LogP contribution in [0.4, 0.5) is 5.69 Å². The minimum atomic E-state index is -3.84. The second-order valence-electron chi connectivity index (χ2n) is 10.9. The highest BCUT2D eigenvalue weighted by molar-refractivity contribution is 9.10. The van der Waals surface area contributed by atoms with Crippen molar-refractivity contribution in [3.8, 4) is 0 Å². The number of nitrogens with one attached hydrogen (secondary N) is 1. The number of nitrogens with zero attached hydrogens (tertiary/aromatic N) is 2. The van der Waals surface area contributed by atoms with Gasteiger partial charge < -0.3 is 10.2 Å². The Labute approximate surface area is 262 Å². The molecule has 0 aliphatic heterocycles. The first-order chi connectivity index (χ1) is 20.0. The van der Waals surface area contributed by atoms with E-state index in [4.69, 9.17) is 11.6 Å². The number of amides is 2. The molecular formula is C32H37BrClN3O4S. The number of carbonyl (C=O) groups excluding carboxylic acids is 2. The molecule has 4 rings (SSSR count). The molecule has 1 N–H and O–H groups in total. The van der Waals surface area contributed by atoms with Gasteiger partial charge in [0.25, 0.3) is 0 Å². The number of aryl methyl sites for hydroxylation is 1. The van der Waals surface area contributed by atoms with Gasteiger partial charge in [0, 0.05) is 28.5 Å². The van der Waals surface area contributed by atoms with Crippen LogP contribution < -0.4 is 9.62 Å². The van der Waals surface area contributed by atoms with Crippen LogP contribution in [0.3, 0.4) is 0 Å². The zero-order valence-corrected chi connectivity index (χ0v) is 27.1. The van der Waals surface area contributed by atoms with Gasteiger partial charge in [0.15, 0.2) is 0 Å². The maximum atomic E-state index is 14.3. The maximum Gasteiger partial charge on any atom is 0.244 e. The molecule has 1 atom stereocenters. The number of hydrogen-bond acceptors (Lipinski definition) is 4. The molecule has 3 aromatic carbocycles. The number of halogens is 2. The van der Waals surface area contributed by atoms with Gasteiger partial charge in [-0.15, -0.1) is 0 Å². The zero-order chi connectivity index (χ0) is 30.3. The molecule has 1 aliphatic rings. The predicted octanol–water partition coefficient (Wildman–Crippen LogP) is 6.27. The number of benzene rings is 3. The van der Waals surface area contributed by atoms with Crippen molar-refractivity contribution in [3.05, 3.63) is 99.0 Å². The van der Waals surface area contributed by atoms with Gasteiger partial charge in [0.1, 0.15) is 12.6 Å². The van der Waals surface area contributed by atoms with Gasteiger partial charge in [-0.3, -0.25) is 13.9 Å². The van der Waals surface area contributed by atoms with E-state index in [1.807, 2.05) is 49.4 Å². The lowest BCUT2D eigenvalue weighted by Gasteiger charge is -2.35. The lowest BCUT2D eigenvalue weighted by atomic mass is 9.94. The first-order valence-electron chi connectivity index (χ1n) is 14.1. The van der Waals surface area contributed by atoms with E-state index >= 15 is 0 Å². The second-order valence-corrected chi connectivity index (χ2v) is 14.0. The Morgan fingerprint density at radius 2 is 1.67 bits per heavy atom. The van der Waals surface area contributed by atoms with Crippen molar-refractivity contribution in [3.63, 3.8) is 0 Å². The van der Waals surface area contributed by atoms with Gasteiger partial charge in [0.05, 0.1) is 11.9 Å². The summed E-state index contributed by atoms with van der Waals surface area (Å²) < 4.78 is 27.9. The van der Waals surface area contributed by atoms with Crippen LogP contribution in [0.1, 0.15) is 48.8 Å². The van der Waals surface area contributed by atoms with E-state index in [0.29, 0.717) is 16.3 Å². The molecule has 0 saturated heterocycles. The summed E-state index contributed by atoms with van der Waals surface area (Å²) in [6, 6.07) is 21.0. The summed E-state index contributed by atoms with van der Waals surface area (Å²) in [7, 11) is -3.84. The quantitative estimate of drug-likeness (QED) is 0.260. The van der Waals surface area contributed by atoms with Crippen molar-refractivity contribution < 1.29 is 18.0 Å². The van der Waals surface area contributed by atoms with Gasteiger partial charge >= 0.3 is 0 Å². The molecule has 7 nitrogen and oxygen atoms in total. The van der Waals surface area contributed by atoms with E-state index in [2.05, 4.69) is 21.2 Å². The molecule has 0 spiro atoms. The van der Waals surface area contributed by atoms with Crippen LogP contribution in [-0.2, 0) is 32.6 Å². The second kappa shape index (κ2) is 14.5. The van der Waals surface area contributed by atoms with Crippen LogP contribution in [0.15, 0.2) is 77.3 Å². The van der Waals surface area contributed by atoms with E-state index in [1.54, 1.807) is 30.3 Å². The molecule has 0 bridgehead atoms. The summed E-state index contributed by atoms with van der Waals surface area (Å²) in [5.74, 6) is -0.753. The predicted molar refractivity (Wildman–Crippen MR) is 172 cm³/mol. The fourth-order valence-electron chi connectivity index (χ4n) is 5.31. The lowest BCUT2D eigenvalue weighted by Crippen LogP contribution is -2.55. The van der Waals surface area contributed by atoms with Crippen LogP contribution in [0.25, 0.3) is 0 Å². The van der Waals surface area contributed by atoms with Gasteiger partial charge in [-0.25, -0.2) is 8.42 Å². The number of rotatable bonds is 11. The molecule has 0 radical (unpaired) electrons. The Morgan fingerprint density at radius 3 is 2.31 bits per heavy atom. The molecule has 42 heavy (non-hydrogen) atoms. The van der Waals surface area contributed by atoms with Crippen LogP contribution in [0.2, 0.25) is 5.02 Å². The van der Waals surface area contributed by atoms with Crippen LogP contribution in [0.5, 0.6) is 0 Å². The normalized spacial score (nSPS) is 14.7. The number of carbonyl (C=O) groups is 2. The molecule has 3 aromatic rings. The Bertz CT molecular complexity index is 1500. The minimum absolute atomic E-state index is 0.0417. The average Bonchev–Trinajstić information content (AvgIpc) is 2.96. The Morgan fingerprint density at radius 1 is 1.00 bits per heavy atom. The van der Waals surface area contributed by atoms with E-state index in [1.165, 1.54) is 4.90 Å². The van der Waals surface area contributed by atoms with Gasteiger partial charge in [-0.2, -0.15) is 0 Å². The monoisotopic (exact) mass is 673 g/mol. The van der Waals surface area contributed by atoms with Crippen molar-refractivity contribution in [2.24, 2.45) is 0 Å². The average molecular weight is 675 g/mol. The van der Waals surface area contributed by atoms with Crippen molar-refractivity contribution in [2.75, 3.05) is 17.1 Å². The summed E-state index contributed by atoms with van der Waals surface area (Å²) in [6.07, 6.45) is 6.38. The van der Waals surface area contributed by atoms with Gasteiger partial charge in [-0.05, 0) is 60.7 Å². The van der Waals surface area contributed by atoms with E-state index < -0.39 is 28.5 Å². The topological polar surface area (TPSA) is 86.8 Å². The highest BCUT2D eigenvalue weighted by Gasteiger charge is 2.34. The highest BCUT2D eigenvalue weighted by atomic mass is 79.9. The number of anilines is 1. The van der Waals surface area contributed by atoms with Crippen LogP contribution >= 0.6 is 27.5 Å². The Balaban J connectivity index is 1.74. The first kappa shape index (κ1) is 32.0. The third-order valence-corrected chi connectivity index (χ3v) is 10.0. The summed E-state index contributed by atoms with van der Waals surface area (Å²) in [6.45, 7) is 1.43. The van der Waals surface area contributed by atoms with Crippen molar-refractivity contribution in [1.29, 1.82) is 0 Å². The molecule has 0 heterocycles. The number of hydrogen-bond donors (Lipinski definition) is 1. The largest absolute Gasteiger partial charge is 0.352 e. The summed E-state index contributed by atoms with van der Waals surface area (Å²) in [5, 5.41) is 3.66. The molecule has 0 unspecified atom stereocenters. The molecular weight excluding hydrogens is 638 g/mol. The summed E-state index contributed by atoms with van der Waals surface area (Å²) >= 11 is 9.98. The van der Waals surface area contributed by atoms with Crippen LogP contribution in [-0.4, -0.2) is 50.0 Å². The third kappa shape index (κ3) is 8.58. The van der Waals surface area contributed by atoms with Gasteiger partial charge in [0.2, 0.25) is 21.8 Å². The van der Waals surface area contributed by atoms with Crippen molar-refractivity contribution in [2.45, 2.75) is 64.1 Å². The van der Waals surface area contributed by atoms with E-state index in [0.717, 1.165) is 58.3 Å². The molecule has 1 saturated carbocycles. The first-order valence-corrected chi connectivity index (χ1v) is 17.2. The molecule has 10 heteroatoms. The van der Waals surface area contributed by atoms with E-state index in [9.17, 15) is 18.0 Å². The maximum absolute atomic E-state index is 14.3. The highest BCUT2D eigenvalue weighted by Crippen LogP contribution is 2.26. The molecule has 2 amide bonds. The fourth-order valence-corrected chi connectivity index (χ4v) is 6.59. The Hall–Kier alpha value is -2.88. The summed E-state index contributed by atoms with van der Waals surface area (Å²) in [4.78, 5) is 29.7. The van der Waals surface area contributed by atoms with Crippen molar-refractivity contribution >= 4 is 55.1 Å². The zero-order valence-electron chi connectivity index (χ0n) is 23.9. The summed E-state index contributed by atoms with van der Waals surface area (Å²) in [5.41, 5.74) is 2.76. The van der Waals surface area contributed by atoms with Crippen LogP contribution in [0, 0.1) is 6.92 Å². The number of sulfonamides is 1.